The van der Waals surface area contributed by atoms with E-state index in [1.807, 2.05) is 30.3 Å². The molecule has 5 heteroatoms. The SMILES string of the molecule is CONC(Cc1ccccc1)C(=O)OC.Cl. The fourth-order valence-electron chi connectivity index (χ4n) is 1.31. The summed E-state index contributed by atoms with van der Waals surface area (Å²) in [5.41, 5.74) is 3.66. The van der Waals surface area contributed by atoms with Crippen LogP contribution in [-0.4, -0.2) is 26.2 Å². The molecule has 0 fully saturated rings. The lowest BCUT2D eigenvalue weighted by Crippen LogP contribution is -2.38. The van der Waals surface area contributed by atoms with Crippen molar-refractivity contribution in [2.45, 2.75) is 12.5 Å². The van der Waals surface area contributed by atoms with Crippen molar-refractivity contribution in [2.75, 3.05) is 14.2 Å². The summed E-state index contributed by atoms with van der Waals surface area (Å²) in [4.78, 5) is 16.1. The third kappa shape index (κ3) is 4.61. The van der Waals surface area contributed by atoms with Crippen molar-refractivity contribution in [3.05, 3.63) is 35.9 Å². The predicted molar refractivity (Wildman–Crippen MR) is 63.3 cm³/mol. The Bertz CT molecular complexity index is 305. The molecule has 1 aromatic rings. The maximum Gasteiger partial charge on any atom is 0.325 e. The second-order valence-corrected chi connectivity index (χ2v) is 3.09. The van der Waals surface area contributed by atoms with Gasteiger partial charge in [0.25, 0.3) is 0 Å². The lowest BCUT2D eigenvalue weighted by atomic mass is 10.1. The van der Waals surface area contributed by atoms with Crippen LogP contribution in [0.1, 0.15) is 5.56 Å². The van der Waals surface area contributed by atoms with Crippen LogP contribution in [0.5, 0.6) is 0 Å². The van der Waals surface area contributed by atoms with Gasteiger partial charge in [-0.25, -0.2) is 0 Å². The minimum Gasteiger partial charge on any atom is -0.468 e. The number of carbonyl (C=O) groups is 1. The van der Waals surface area contributed by atoms with Crippen LogP contribution >= 0.6 is 12.4 Å². The highest BCUT2D eigenvalue weighted by molar-refractivity contribution is 5.85. The van der Waals surface area contributed by atoms with Crippen molar-refractivity contribution in [3.8, 4) is 0 Å². The number of hydrogen-bond donors (Lipinski definition) is 1. The number of nitrogens with one attached hydrogen (secondary N) is 1. The highest BCUT2D eigenvalue weighted by atomic mass is 35.5. The van der Waals surface area contributed by atoms with Gasteiger partial charge in [-0.15, -0.1) is 12.4 Å². The summed E-state index contributed by atoms with van der Waals surface area (Å²) in [6.07, 6.45) is 0.543. The molecular weight excluding hydrogens is 230 g/mol. The summed E-state index contributed by atoms with van der Waals surface area (Å²) < 4.78 is 4.66. The van der Waals surface area contributed by atoms with Crippen molar-refractivity contribution in [1.82, 2.24) is 5.48 Å². The minimum absolute atomic E-state index is 0. The van der Waals surface area contributed by atoms with Crippen molar-refractivity contribution >= 4 is 18.4 Å². The number of benzene rings is 1. The number of halogens is 1. The third-order valence-electron chi connectivity index (χ3n) is 2.03. The van der Waals surface area contributed by atoms with Gasteiger partial charge in [-0.3, -0.25) is 4.79 Å². The summed E-state index contributed by atoms with van der Waals surface area (Å²) in [5.74, 6) is -0.333. The Balaban J connectivity index is 0.00000225. The fraction of sp³-hybridized carbons (Fsp3) is 0.364. The van der Waals surface area contributed by atoms with E-state index in [9.17, 15) is 4.79 Å². The van der Waals surface area contributed by atoms with Gasteiger partial charge in [-0.05, 0) is 5.56 Å². The van der Waals surface area contributed by atoms with E-state index < -0.39 is 6.04 Å². The topological polar surface area (TPSA) is 47.6 Å². The Morgan fingerprint density at radius 1 is 1.31 bits per heavy atom. The number of esters is 1. The van der Waals surface area contributed by atoms with Crippen molar-refractivity contribution < 1.29 is 14.4 Å². The maximum atomic E-state index is 11.3. The summed E-state index contributed by atoms with van der Waals surface area (Å²) in [7, 11) is 2.83. The first-order chi connectivity index (χ1) is 7.27. The second-order valence-electron chi connectivity index (χ2n) is 3.09. The monoisotopic (exact) mass is 245 g/mol. The van der Waals surface area contributed by atoms with Gasteiger partial charge in [0.2, 0.25) is 0 Å². The zero-order valence-electron chi connectivity index (χ0n) is 9.30. The molecule has 1 unspecified atom stereocenters. The van der Waals surface area contributed by atoms with Crippen LogP contribution < -0.4 is 5.48 Å². The van der Waals surface area contributed by atoms with Gasteiger partial charge in [-0.2, -0.15) is 5.48 Å². The molecule has 90 valence electrons. The first-order valence-electron chi connectivity index (χ1n) is 4.68. The molecule has 0 radical (unpaired) electrons. The van der Waals surface area contributed by atoms with Crippen LogP contribution in [0.25, 0.3) is 0 Å². The lowest BCUT2D eigenvalue weighted by molar-refractivity contribution is -0.146. The number of methoxy groups -OCH3 is 1. The van der Waals surface area contributed by atoms with Gasteiger partial charge < -0.3 is 9.57 Å². The molecule has 0 amide bonds. The normalized spacial score (nSPS) is 11.4. The molecule has 0 aliphatic rings. The molecule has 1 rings (SSSR count). The molecule has 0 spiro atoms. The molecule has 4 nitrogen and oxygen atoms in total. The first-order valence-corrected chi connectivity index (χ1v) is 4.68. The van der Waals surface area contributed by atoms with E-state index in [2.05, 4.69) is 10.2 Å². The standard InChI is InChI=1S/C11H15NO3.ClH/c1-14-11(13)10(12-15-2)8-9-6-4-3-5-7-9;/h3-7,10,12H,8H2,1-2H3;1H. The Morgan fingerprint density at radius 3 is 2.44 bits per heavy atom. The molecule has 1 N–H and O–H groups in total. The predicted octanol–water partition coefficient (Wildman–Crippen LogP) is 1.34. The fourth-order valence-corrected chi connectivity index (χ4v) is 1.31. The summed E-state index contributed by atoms with van der Waals surface area (Å²) in [6, 6.07) is 9.22. The molecule has 0 bridgehead atoms. The van der Waals surface area contributed by atoms with Crippen LogP contribution in [-0.2, 0) is 20.8 Å². The average Bonchev–Trinajstić information content (AvgIpc) is 2.29. The van der Waals surface area contributed by atoms with E-state index in [-0.39, 0.29) is 18.4 Å². The van der Waals surface area contributed by atoms with Crippen LogP contribution in [0, 0.1) is 0 Å². The van der Waals surface area contributed by atoms with E-state index in [0.717, 1.165) is 5.56 Å². The molecule has 0 aliphatic carbocycles. The molecular formula is C11H16ClNO3. The van der Waals surface area contributed by atoms with Gasteiger partial charge >= 0.3 is 5.97 Å². The second kappa shape index (κ2) is 8.10. The Labute approximate surface area is 101 Å². The highest BCUT2D eigenvalue weighted by Gasteiger charge is 2.18. The molecule has 0 saturated heterocycles. The number of rotatable bonds is 5. The Kier molecular flexibility index (Phi) is 7.54. The quantitative estimate of drug-likeness (QED) is 0.628. The van der Waals surface area contributed by atoms with Gasteiger partial charge in [0, 0.05) is 6.42 Å². The maximum absolute atomic E-state index is 11.3. The van der Waals surface area contributed by atoms with Crippen LogP contribution in [0.3, 0.4) is 0 Å². The van der Waals surface area contributed by atoms with Crippen molar-refractivity contribution in [2.24, 2.45) is 0 Å². The molecule has 0 saturated carbocycles. The molecule has 16 heavy (non-hydrogen) atoms. The van der Waals surface area contributed by atoms with Crippen LogP contribution in [0.4, 0.5) is 0 Å². The minimum atomic E-state index is -0.470. The lowest BCUT2D eigenvalue weighted by Gasteiger charge is -2.14. The molecule has 0 aliphatic heterocycles. The summed E-state index contributed by atoms with van der Waals surface area (Å²) in [6.45, 7) is 0. The van der Waals surface area contributed by atoms with Crippen LogP contribution in [0.2, 0.25) is 0 Å². The van der Waals surface area contributed by atoms with Crippen molar-refractivity contribution in [3.63, 3.8) is 0 Å². The van der Waals surface area contributed by atoms with Gasteiger partial charge in [0.15, 0.2) is 0 Å². The van der Waals surface area contributed by atoms with E-state index in [0.29, 0.717) is 6.42 Å². The molecule has 1 aromatic carbocycles. The van der Waals surface area contributed by atoms with Gasteiger partial charge in [0.05, 0.1) is 14.2 Å². The largest absolute Gasteiger partial charge is 0.468 e. The number of ether oxygens (including phenoxy) is 1. The number of hydroxylamine groups is 1. The van der Waals surface area contributed by atoms with Gasteiger partial charge in [0.1, 0.15) is 6.04 Å². The van der Waals surface area contributed by atoms with Crippen molar-refractivity contribution in [1.29, 1.82) is 0 Å². The third-order valence-corrected chi connectivity index (χ3v) is 2.03. The van der Waals surface area contributed by atoms with E-state index in [1.165, 1.54) is 14.2 Å². The zero-order chi connectivity index (χ0) is 11.1. The first kappa shape index (κ1) is 14.9. The Morgan fingerprint density at radius 2 is 1.94 bits per heavy atom. The van der Waals surface area contributed by atoms with Crippen LogP contribution in [0.15, 0.2) is 30.3 Å². The highest BCUT2D eigenvalue weighted by Crippen LogP contribution is 2.04. The molecule has 0 heterocycles. The Hall–Kier alpha value is -1.10. The number of carbonyl (C=O) groups excluding carboxylic acids is 1. The summed E-state index contributed by atoms with van der Waals surface area (Å²) >= 11 is 0. The zero-order valence-corrected chi connectivity index (χ0v) is 10.1. The number of hydrogen-bond acceptors (Lipinski definition) is 4. The van der Waals surface area contributed by atoms with E-state index in [1.54, 1.807) is 0 Å². The summed E-state index contributed by atoms with van der Waals surface area (Å²) in [5, 5.41) is 0. The van der Waals surface area contributed by atoms with Gasteiger partial charge in [-0.1, -0.05) is 30.3 Å². The van der Waals surface area contributed by atoms with E-state index >= 15 is 0 Å². The van der Waals surface area contributed by atoms with E-state index in [4.69, 9.17) is 4.84 Å². The smallest absolute Gasteiger partial charge is 0.325 e. The molecule has 1 atom stereocenters. The molecule has 0 aromatic heterocycles. The average molecular weight is 246 g/mol.